The minimum Gasteiger partial charge on any atom is -0.478 e. The van der Waals surface area contributed by atoms with Crippen molar-refractivity contribution in [1.82, 2.24) is 15.2 Å². The van der Waals surface area contributed by atoms with E-state index in [1.165, 1.54) is 0 Å². The SMILES string of the molecule is CCCOc1ccc(CNC(=NC)N2CCC(OCC)CC2)cn1.I. The van der Waals surface area contributed by atoms with Crippen molar-refractivity contribution >= 4 is 29.9 Å². The first-order valence-electron chi connectivity index (χ1n) is 8.91. The molecule has 1 aromatic heterocycles. The fraction of sp³-hybridized carbons (Fsp3) is 0.667. The van der Waals surface area contributed by atoms with Gasteiger partial charge in [0.15, 0.2) is 5.96 Å². The molecule has 0 amide bonds. The van der Waals surface area contributed by atoms with Gasteiger partial charge in [0.1, 0.15) is 0 Å². The summed E-state index contributed by atoms with van der Waals surface area (Å²) in [7, 11) is 1.83. The highest BCUT2D eigenvalue weighted by Gasteiger charge is 2.21. The molecule has 1 aliphatic rings. The van der Waals surface area contributed by atoms with Crippen LogP contribution in [0.4, 0.5) is 0 Å². The zero-order valence-corrected chi connectivity index (χ0v) is 17.9. The Morgan fingerprint density at radius 3 is 2.64 bits per heavy atom. The standard InChI is InChI=1S/C18H30N4O2.HI/c1-4-12-24-17-7-6-15(13-20-17)14-21-18(19-3)22-10-8-16(9-11-22)23-5-2;/h6-7,13,16H,4-5,8-12,14H2,1-3H3,(H,19,21);1H. The number of likely N-dealkylation sites (tertiary alicyclic amines) is 1. The summed E-state index contributed by atoms with van der Waals surface area (Å²) in [5.41, 5.74) is 1.12. The number of hydrogen-bond acceptors (Lipinski definition) is 4. The Morgan fingerprint density at radius 1 is 1.32 bits per heavy atom. The molecule has 7 heteroatoms. The molecule has 2 heterocycles. The van der Waals surface area contributed by atoms with E-state index in [4.69, 9.17) is 9.47 Å². The molecule has 1 aromatic rings. The van der Waals surface area contributed by atoms with Gasteiger partial charge in [0.05, 0.1) is 12.7 Å². The molecule has 1 saturated heterocycles. The van der Waals surface area contributed by atoms with Crippen LogP contribution in [-0.2, 0) is 11.3 Å². The van der Waals surface area contributed by atoms with Gasteiger partial charge in [0, 0.05) is 45.6 Å². The smallest absolute Gasteiger partial charge is 0.213 e. The van der Waals surface area contributed by atoms with E-state index in [0.29, 0.717) is 25.1 Å². The molecule has 25 heavy (non-hydrogen) atoms. The van der Waals surface area contributed by atoms with E-state index in [2.05, 4.69) is 34.0 Å². The van der Waals surface area contributed by atoms with Gasteiger partial charge < -0.3 is 19.7 Å². The number of aromatic nitrogens is 1. The fourth-order valence-corrected chi connectivity index (χ4v) is 2.79. The van der Waals surface area contributed by atoms with Gasteiger partial charge in [-0.15, -0.1) is 24.0 Å². The summed E-state index contributed by atoms with van der Waals surface area (Å²) in [6.07, 6.45) is 5.34. The zero-order chi connectivity index (χ0) is 17.2. The molecule has 0 bridgehead atoms. The van der Waals surface area contributed by atoms with E-state index in [1.807, 2.05) is 25.4 Å². The molecule has 1 fully saturated rings. The maximum Gasteiger partial charge on any atom is 0.213 e. The van der Waals surface area contributed by atoms with Crippen molar-refractivity contribution in [3.05, 3.63) is 23.9 Å². The second-order valence-corrected chi connectivity index (χ2v) is 5.90. The molecule has 1 aliphatic heterocycles. The number of ether oxygens (including phenoxy) is 2. The summed E-state index contributed by atoms with van der Waals surface area (Å²) in [6.45, 7) is 8.30. The highest BCUT2D eigenvalue weighted by atomic mass is 127. The molecule has 0 atom stereocenters. The lowest BCUT2D eigenvalue weighted by Gasteiger charge is -2.34. The van der Waals surface area contributed by atoms with Crippen molar-refractivity contribution in [2.75, 3.05) is 33.4 Å². The van der Waals surface area contributed by atoms with E-state index >= 15 is 0 Å². The number of guanidine groups is 1. The van der Waals surface area contributed by atoms with Gasteiger partial charge in [0.25, 0.3) is 0 Å². The number of hydrogen-bond donors (Lipinski definition) is 1. The van der Waals surface area contributed by atoms with Gasteiger partial charge in [-0.25, -0.2) is 4.98 Å². The number of aliphatic imine (C=N–C) groups is 1. The molecule has 0 aliphatic carbocycles. The Bertz CT molecular complexity index is 502. The molecule has 0 radical (unpaired) electrons. The lowest BCUT2D eigenvalue weighted by Crippen LogP contribution is -2.46. The van der Waals surface area contributed by atoms with Gasteiger partial charge >= 0.3 is 0 Å². The number of nitrogens with zero attached hydrogens (tertiary/aromatic N) is 3. The van der Waals surface area contributed by atoms with E-state index in [0.717, 1.165) is 50.5 Å². The van der Waals surface area contributed by atoms with Crippen LogP contribution in [-0.4, -0.2) is 55.3 Å². The van der Waals surface area contributed by atoms with Crippen molar-refractivity contribution < 1.29 is 9.47 Å². The summed E-state index contributed by atoms with van der Waals surface area (Å²) in [4.78, 5) is 11.0. The van der Waals surface area contributed by atoms with E-state index in [-0.39, 0.29) is 24.0 Å². The Morgan fingerprint density at radius 2 is 2.08 bits per heavy atom. The van der Waals surface area contributed by atoms with Gasteiger partial charge in [-0.05, 0) is 31.7 Å². The van der Waals surface area contributed by atoms with Gasteiger partial charge in [-0.2, -0.15) is 0 Å². The molecular formula is C18H31IN4O2. The van der Waals surface area contributed by atoms with Crippen molar-refractivity contribution in [3.8, 4) is 5.88 Å². The number of nitrogens with one attached hydrogen (secondary N) is 1. The van der Waals surface area contributed by atoms with Crippen LogP contribution in [0.15, 0.2) is 23.3 Å². The summed E-state index contributed by atoms with van der Waals surface area (Å²) in [6, 6.07) is 3.96. The second-order valence-electron chi connectivity index (χ2n) is 5.90. The first-order chi connectivity index (χ1) is 11.8. The van der Waals surface area contributed by atoms with Gasteiger partial charge in [-0.3, -0.25) is 4.99 Å². The molecule has 1 N–H and O–H groups in total. The predicted octanol–water partition coefficient (Wildman–Crippen LogP) is 3.06. The first kappa shape index (κ1) is 22.0. The van der Waals surface area contributed by atoms with E-state index in [1.54, 1.807) is 0 Å². The average molecular weight is 462 g/mol. The molecule has 0 spiro atoms. The third kappa shape index (κ3) is 7.35. The number of halogens is 1. The third-order valence-corrected chi connectivity index (χ3v) is 4.06. The van der Waals surface area contributed by atoms with E-state index < -0.39 is 0 Å². The maximum absolute atomic E-state index is 5.71. The largest absolute Gasteiger partial charge is 0.478 e. The van der Waals surface area contributed by atoms with Crippen molar-refractivity contribution in [2.24, 2.45) is 4.99 Å². The van der Waals surface area contributed by atoms with Gasteiger partial charge in [-0.1, -0.05) is 13.0 Å². The van der Waals surface area contributed by atoms with Gasteiger partial charge in [0.2, 0.25) is 5.88 Å². The van der Waals surface area contributed by atoms with Crippen LogP contribution >= 0.6 is 24.0 Å². The third-order valence-electron chi connectivity index (χ3n) is 4.06. The van der Waals surface area contributed by atoms with Crippen LogP contribution in [0.25, 0.3) is 0 Å². The Labute approximate surface area is 168 Å². The number of pyridine rings is 1. The highest BCUT2D eigenvalue weighted by molar-refractivity contribution is 14.0. The van der Waals surface area contributed by atoms with Crippen molar-refractivity contribution in [2.45, 2.75) is 45.8 Å². The topological polar surface area (TPSA) is 59.0 Å². The maximum atomic E-state index is 5.71. The molecule has 0 unspecified atom stereocenters. The molecule has 0 saturated carbocycles. The summed E-state index contributed by atoms with van der Waals surface area (Å²) in [5.74, 6) is 1.62. The van der Waals surface area contributed by atoms with Crippen molar-refractivity contribution in [1.29, 1.82) is 0 Å². The first-order valence-corrected chi connectivity index (χ1v) is 8.91. The minimum atomic E-state index is 0. The van der Waals surface area contributed by atoms with E-state index in [9.17, 15) is 0 Å². The summed E-state index contributed by atoms with van der Waals surface area (Å²) >= 11 is 0. The lowest BCUT2D eigenvalue weighted by molar-refractivity contribution is 0.0263. The highest BCUT2D eigenvalue weighted by Crippen LogP contribution is 2.14. The minimum absolute atomic E-state index is 0. The average Bonchev–Trinajstić information content (AvgIpc) is 2.63. The Kier molecular flexibility index (Phi) is 10.8. The molecule has 2 rings (SSSR count). The van der Waals surface area contributed by atoms with Crippen LogP contribution < -0.4 is 10.1 Å². The monoisotopic (exact) mass is 462 g/mol. The Balaban J connectivity index is 0.00000312. The summed E-state index contributed by atoms with van der Waals surface area (Å²) < 4.78 is 11.2. The lowest BCUT2D eigenvalue weighted by atomic mass is 10.1. The quantitative estimate of drug-likeness (QED) is 0.384. The molecule has 6 nitrogen and oxygen atoms in total. The fourth-order valence-electron chi connectivity index (χ4n) is 2.79. The van der Waals surface area contributed by atoms with Crippen molar-refractivity contribution in [3.63, 3.8) is 0 Å². The Hall–Kier alpha value is -1.09. The molecule has 0 aromatic carbocycles. The molecule has 142 valence electrons. The zero-order valence-electron chi connectivity index (χ0n) is 15.5. The van der Waals surface area contributed by atoms with Crippen LogP contribution in [0.3, 0.4) is 0 Å². The second kappa shape index (κ2) is 12.3. The van der Waals surface area contributed by atoms with Crippen LogP contribution in [0, 0.1) is 0 Å². The van der Waals surface area contributed by atoms with Crippen LogP contribution in [0.5, 0.6) is 5.88 Å². The number of rotatable bonds is 7. The van der Waals surface area contributed by atoms with Crippen LogP contribution in [0.2, 0.25) is 0 Å². The normalized spacial score (nSPS) is 15.6. The molecular weight excluding hydrogens is 431 g/mol. The number of piperidine rings is 1. The van der Waals surface area contributed by atoms with Crippen LogP contribution in [0.1, 0.15) is 38.7 Å². The predicted molar refractivity (Wildman–Crippen MR) is 112 cm³/mol. The summed E-state index contributed by atoms with van der Waals surface area (Å²) in [5, 5.41) is 3.42.